The molecule has 0 saturated carbocycles. The SMILES string of the molecule is O[Si](O)(O)O.[GaH3].[H-].[H-].[H-].[H-].[La].[Mg+2].[Sr+2]. The zero-order chi connectivity index (χ0) is 4.50. The molecule has 9 heavy (non-hydrogen) atoms. The Labute approximate surface area is 154 Å². The molecule has 0 saturated heterocycles. The van der Waals surface area contributed by atoms with E-state index in [0.29, 0.717) is 0 Å². The van der Waals surface area contributed by atoms with Gasteiger partial charge in [-0.05, 0) is 0 Å². The summed E-state index contributed by atoms with van der Waals surface area (Å²) in [6.45, 7) is 0. The van der Waals surface area contributed by atoms with Crippen LogP contribution in [0.15, 0.2) is 0 Å². The number of rotatable bonds is 0. The summed E-state index contributed by atoms with van der Waals surface area (Å²) >= 11 is 0. The Morgan fingerprint density at radius 1 is 1.00 bits per heavy atom. The number of hydrogen-bond donors (Lipinski definition) is 4. The van der Waals surface area contributed by atoms with E-state index in [-0.39, 0.29) is 130 Å². The molecule has 0 heterocycles. The maximum atomic E-state index is 7.33. The Morgan fingerprint density at radius 2 is 1.00 bits per heavy atom. The van der Waals surface area contributed by atoms with Crippen LogP contribution >= 0.6 is 0 Å². The standard InChI is InChI=1S/Ga.La.Mg.H4O4Si.Sr.7H/c;;;1-5(2,3)4;;;;;;;;/h;;;1-4H;;;;;;;;/q;;+2;;+2;;;;4*-1. The molecular formula is H11GaLaMgO4SiSr. The summed E-state index contributed by atoms with van der Waals surface area (Å²) < 4.78 is 0. The first kappa shape index (κ1) is 29.2. The van der Waals surface area contributed by atoms with Gasteiger partial charge in [-0.25, -0.2) is 0 Å². The first-order valence-electron chi connectivity index (χ1n) is 0.894. The molecule has 0 aromatic carbocycles. The van der Waals surface area contributed by atoms with Gasteiger partial charge in [0.05, 0.1) is 0 Å². The summed E-state index contributed by atoms with van der Waals surface area (Å²) in [4.78, 5) is 29.3. The fraction of sp³-hybridized carbons (Fsp3) is 0. The van der Waals surface area contributed by atoms with Crippen LogP contribution in [0.3, 0.4) is 0 Å². The maximum absolute atomic E-state index is 7.33. The van der Waals surface area contributed by atoms with Gasteiger partial charge in [-0.15, -0.1) is 0 Å². The summed E-state index contributed by atoms with van der Waals surface area (Å²) in [5.74, 6) is 0. The van der Waals surface area contributed by atoms with E-state index >= 15 is 0 Å². The molecule has 0 amide bonds. The Morgan fingerprint density at radius 3 is 1.00 bits per heavy atom. The third-order valence-corrected chi connectivity index (χ3v) is 0. The van der Waals surface area contributed by atoms with Crippen molar-refractivity contribution >= 4 is 97.4 Å². The van der Waals surface area contributed by atoms with E-state index < -0.39 is 9.05 Å². The van der Waals surface area contributed by atoms with Crippen LogP contribution in [-0.2, 0) is 0 Å². The van der Waals surface area contributed by atoms with E-state index in [1.807, 2.05) is 0 Å². The second-order valence-electron chi connectivity index (χ2n) is 0.600. The third-order valence-electron chi connectivity index (χ3n) is 0. The van der Waals surface area contributed by atoms with E-state index in [1.54, 1.807) is 0 Å². The van der Waals surface area contributed by atoms with Gasteiger partial charge in [0.1, 0.15) is 0 Å². The van der Waals surface area contributed by atoms with Crippen molar-refractivity contribution in [2.45, 2.75) is 0 Å². The molecule has 0 aromatic heterocycles. The summed E-state index contributed by atoms with van der Waals surface area (Å²) in [6.07, 6.45) is 0. The van der Waals surface area contributed by atoms with Crippen LogP contribution in [0, 0.1) is 35.6 Å². The minimum atomic E-state index is -4.61. The zero-order valence-electron chi connectivity index (χ0n) is 8.28. The first-order valence-corrected chi connectivity index (χ1v) is 2.68. The van der Waals surface area contributed by atoms with Crippen LogP contribution < -0.4 is 0 Å². The van der Waals surface area contributed by atoms with Crippen molar-refractivity contribution in [2.24, 2.45) is 0 Å². The molecule has 9 heteroatoms. The van der Waals surface area contributed by atoms with Crippen molar-refractivity contribution in [3.05, 3.63) is 0 Å². The van der Waals surface area contributed by atoms with Crippen molar-refractivity contribution < 1.29 is 60.5 Å². The molecule has 0 aromatic rings. The van der Waals surface area contributed by atoms with Gasteiger partial charge >= 0.3 is 97.4 Å². The van der Waals surface area contributed by atoms with Crippen molar-refractivity contribution in [3.63, 3.8) is 0 Å². The van der Waals surface area contributed by atoms with Crippen molar-refractivity contribution in [1.29, 1.82) is 0 Å². The molecular weight excluding hydrogens is 413 g/mol. The molecule has 0 unspecified atom stereocenters. The van der Waals surface area contributed by atoms with Crippen LogP contribution in [0.5, 0.6) is 0 Å². The minimum Gasteiger partial charge on any atom is -1.00 e. The van der Waals surface area contributed by atoms with Gasteiger partial charge in [0.15, 0.2) is 0 Å². The van der Waals surface area contributed by atoms with Crippen molar-refractivity contribution in [1.82, 2.24) is 0 Å². The van der Waals surface area contributed by atoms with Gasteiger partial charge in [-0.2, -0.15) is 0 Å². The maximum Gasteiger partial charge on any atom is 2.00 e. The monoisotopic (exact) mass is 423 g/mol. The predicted octanol–water partition coefficient (Wildman–Crippen LogP) is -4.10. The molecule has 0 aliphatic heterocycles. The smallest absolute Gasteiger partial charge is 1.00 e. The van der Waals surface area contributed by atoms with Crippen LogP contribution in [-0.4, -0.2) is 117 Å². The summed E-state index contributed by atoms with van der Waals surface area (Å²) in [5, 5.41) is 0. The molecule has 0 aliphatic carbocycles. The van der Waals surface area contributed by atoms with Crippen LogP contribution in [0.1, 0.15) is 5.71 Å². The Kier molecular flexibility index (Phi) is 47.6. The fourth-order valence-corrected chi connectivity index (χ4v) is 0. The van der Waals surface area contributed by atoms with E-state index in [0.717, 1.165) is 0 Å². The minimum absolute atomic E-state index is 0. The third kappa shape index (κ3) is 72.9. The fourth-order valence-electron chi connectivity index (χ4n) is 0. The van der Waals surface area contributed by atoms with Gasteiger partial charge in [-0.3, -0.25) is 0 Å². The molecule has 0 atom stereocenters. The van der Waals surface area contributed by atoms with Crippen LogP contribution in [0.4, 0.5) is 0 Å². The molecule has 0 spiro atoms. The zero-order valence-corrected chi connectivity index (χ0v) is 13.8. The molecule has 0 bridgehead atoms. The molecule has 0 fully saturated rings. The average molecular weight is 424 g/mol. The first-order chi connectivity index (χ1) is 2.00. The molecule has 49 valence electrons. The van der Waals surface area contributed by atoms with Crippen LogP contribution in [0.2, 0.25) is 0 Å². The van der Waals surface area contributed by atoms with E-state index in [9.17, 15) is 0 Å². The quantitative estimate of drug-likeness (QED) is 0.299. The summed E-state index contributed by atoms with van der Waals surface area (Å²) in [7, 11) is -4.61. The largest absolute Gasteiger partial charge is 2.00 e. The summed E-state index contributed by atoms with van der Waals surface area (Å²) in [5.41, 5.74) is 0. The number of hydrogen-bond acceptors (Lipinski definition) is 4. The molecule has 4 nitrogen and oxygen atoms in total. The van der Waals surface area contributed by atoms with Gasteiger partial charge in [0.2, 0.25) is 0 Å². The Hall–Kier alpha value is 4.13. The van der Waals surface area contributed by atoms with E-state index in [2.05, 4.69) is 0 Å². The van der Waals surface area contributed by atoms with Crippen LogP contribution in [0.25, 0.3) is 0 Å². The molecule has 1 radical (unpaired) electrons. The average Bonchev–Trinajstić information content (AvgIpc) is 0.722. The molecule has 0 aliphatic rings. The van der Waals surface area contributed by atoms with E-state index in [4.69, 9.17) is 19.2 Å². The predicted molar refractivity (Wildman–Crippen MR) is 40.5 cm³/mol. The van der Waals surface area contributed by atoms with Crippen molar-refractivity contribution in [2.75, 3.05) is 0 Å². The van der Waals surface area contributed by atoms with Gasteiger partial charge in [0, 0.05) is 35.6 Å². The second kappa shape index (κ2) is 14.6. The van der Waals surface area contributed by atoms with Crippen molar-refractivity contribution in [3.8, 4) is 0 Å². The van der Waals surface area contributed by atoms with Gasteiger partial charge in [-0.1, -0.05) is 0 Å². The molecule has 0 rings (SSSR count). The Bertz CT molecular complexity index is 47.6. The Balaban J connectivity index is -0.00000000286. The normalized spacial score (nSPS) is 6.67. The van der Waals surface area contributed by atoms with Gasteiger partial charge < -0.3 is 24.9 Å². The van der Waals surface area contributed by atoms with E-state index in [1.165, 1.54) is 0 Å². The summed E-state index contributed by atoms with van der Waals surface area (Å²) in [6, 6.07) is 0. The molecule has 4 N–H and O–H groups in total. The van der Waals surface area contributed by atoms with Gasteiger partial charge in [0.25, 0.3) is 0 Å². The second-order valence-corrected chi connectivity index (χ2v) is 1.80. The topological polar surface area (TPSA) is 80.9 Å².